The van der Waals surface area contributed by atoms with E-state index in [0.29, 0.717) is 24.1 Å². The number of hydrogen-bond acceptors (Lipinski definition) is 5. The Morgan fingerprint density at radius 3 is 2.36 bits per heavy atom. The molecule has 0 unspecified atom stereocenters. The quantitative estimate of drug-likeness (QED) is 0.332. The van der Waals surface area contributed by atoms with Crippen LogP contribution in [0.4, 0.5) is 4.79 Å². The minimum absolute atomic E-state index is 0.0389. The minimum atomic E-state index is -0.558. The highest BCUT2D eigenvalue weighted by molar-refractivity contribution is 5.98. The molecule has 4 N–H and O–H groups in total. The molecule has 0 spiro atoms. The number of furan rings is 1. The van der Waals surface area contributed by atoms with E-state index < -0.39 is 12.0 Å². The highest BCUT2D eigenvalue weighted by atomic mass is 16.5. The van der Waals surface area contributed by atoms with Crippen molar-refractivity contribution >= 4 is 12.0 Å². The van der Waals surface area contributed by atoms with Crippen LogP contribution in [-0.2, 0) is 17.8 Å². The molecule has 1 aromatic heterocycles. The molecule has 0 bridgehead atoms. The Labute approximate surface area is 162 Å². The van der Waals surface area contributed by atoms with Gasteiger partial charge in [0, 0.05) is 17.7 Å². The van der Waals surface area contributed by atoms with Gasteiger partial charge in [0.15, 0.2) is 0 Å². The van der Waals surface area contributed by atoms with Gasteiger partial charge in [-0.1, -0.05) is 60.7 Å². The van der Waals surface area contributed by atoms with Gasteiger partial charge in [-0.3, -0.25) is 10.2 Å². The maximum Gasteiger partial charge on any atom is 0.407 e. The van der Waals surface area contributed by atoms with Crippen molar-refractivity contribution in [2.24, 2.45) is 5.84 Å². The fourth-order valence-electron chi connectivity index (χ4n) is 2.80. The van der Waals surface area contributed by atoms with Gasteiger partial charge in [-0.15, -0.1) is 0 Å². The predicted octanol–water partition coefficient (Wildman–Crippen LogP) is 3.02. The molecule has 28 heavy (non-hydrogen) atoms. The molecule has 0 radical (unpaired) electrons. The van der Waals surface area contributed by atoms with Gasteiger partial charge in [0.05, 0.1) is 6.26 Å². The van der Waals surface area contributed by atoms with Crippen molar-refractivity contribution in [2.75, 3.05) is 6.54 Å². The summed E-state index contributed by atoms with van der Waals surface area (Å²) in [5.74, 6) is 4.74. The maximum atomic E-state index is 12.0. The number of rotatable bonds is 7. The summed E-state index contributed by atoms with van der Waals surface area (Å²) in [6.07, 6.45) is 1.56. The van der Waals surface area contributed by atoms with Gasteiger partial charge in [-0.05, 0) is 17.5 Å². The zero-order valence-corrected chi connectivity index (χ0v) is 15.2. The lowest BCUT2D eigenvalue weighted by atomic mass is 10.0. The Kier molecular flexibility index (Phi) is 6.43. The Morgan fingerprint density at radius 2 is 1.68 bits per heavy atom. The van der Waals surface area contributed by atoms with Gasteiger partial charge >= 0.3 is 12.0 Å². The number of alkyl carbamates (subject to hydrolysis) is 1. The summed E-state index contributed by atoms with van der Waals surface area (Å²) in [6, 6.07) is 19.1. The molecular formula is C21H21N3O4. The number of nitrogen functional groups attached to an aromatic ring is 1. The van der Waals surface area contributed by atoms with Crippen LogP contribution in [-0.4, -0.2) is 18.5 Å². The molecule has 0 fully saturated rings. The summed E-state index contributed by atoms with van der Waals surface area (Å²) in [5.41, 5.74) is 5.06. The summed E-state index contributed by atoms with van der Waals surface area (Å²) in [6.45, 7) is 0.420. The van der Waals surface area contributed by atoms with Crippen molar-refractivity contribution in [3.8, 4) is 11.1 Å². The van der Waals surface area contributed by atoms with Crippen LogP contribution in [0.25, 0.3) is 11.1 Å². The number of carbonyl (C=O) groups is 2. The van der Waals surface area contributed by atoms with Crippen molar-refractivity contribution in [1.29, 1.82) is 0 Å². The van der Waals surface area contributed by atoms with E-state index in [1.54, 1.807) is 0 Å². The summed E-state index contributed by atoms with van der Waals surface area (Å²) in [5, 5.41) is 2.71. The number of amides is 2. The second-order valence-corrected chi connectivity index (χ2v) is 6.04. The first-order chi connectivity index (χ1) is 13.7. The van der Waals surface area contributed by atoms with Crippen molar-refractivity contribution in [2.45, 2.75) is 13.0 Å². The molecule has 144 valence electrons. The molecule has 0 aliphatic carbocycles. The summed E-state index contributed by atoms with van der Waals surface area (Å²) < 4.78 is 10.7. The van der Waals surface area contributed by atoms with Crippen LogP contribution in [0.15, 0.2) is 71.3 Å². The van der Waals surface area contributed by atoms with Crippen LogP contribution in [0, 0.1) is 0 Å². The topological polar surface area (TPSA) is 107 Å². The van der Waals surface area contributed by atoms with Crippen molar-refractivity contribution in [3.05, 3.63) is 83.8 Å². The largest absolute Gasteiger partial charge is 0.458 e. The summed E-state index contributed by atoms with van der Waals surface area (Å²) in [7, 11) is 0. The van der Waals surface area contributed by atoms with Crippen LogP contribution in [0.2, 0.25) is 0 Å². The molecule has 7 nitrogen and oxygen atoms in total. The van der Waals surface area contributed by atoms with E-state index in [4.69, 9.17) is 15.0 Å². The Balaban J connectivity index is 1.63. The third kappa shape index (κ3) is 4.77. The number of benzene rings is 2. The van der Waals surface area contributed by atoms with Crippen molar-refractivity contribution in [3.63, 3.8) is 0 Å². The summed E-state index contributed by atoms with van der Waals surface area (Å²) in [4.78, 5) is 24.0. The van der Waals surface area contributed by atoms with Gasteiger partial charge in [0.25, 0.3) is 0 Å². The third-order valence-corrected chi connectivity index (χ3v) is 4.15. The van der Waals surface area contributed by atoms with E-state index in [2.05, 4.69) is 10.7 Å². The molecule has 0 saturated heterocycles. The second-order valence-electron chi connectivity index (χ2n) is 6.04. The SMILES string of the molecule is NNC(=O)c1occ(COC(=O)NCCc2ccccc2)c1-c1ccccc1. The van der Waals surface area contributed by atoms with E-state index in [9.17, 15) is 9.59 Å². The van der Waals surface area contributed by atoms with Crippen LogP contribution in [0.3, 0.4) is 0 Å². The van der Waals surface area contributed by atoms with Crippen LogP contribution >= 0.6 is 0 Å². The molecule has 2 aromatic carbocycles. The smallest absolute Gasteiger partial charge is 0.407 e. The molecule has 2 amide bonds. The Morgan fingerprint density at radius 1 is 1.00 bits per heavy atom. The predicted molar refractivity (Wildman–Crippen MR) is 104 cm³/mol. The molecule has 0 saturated carbocycles. The molecule has 3 aromatic rings. The normalized spacial score (nSPS) is 10.3. The number of hydrogen-bond donors (Lipinski definition) is 3. The lowest BCUT2D eigenvalue weighted by Crippen LogP contribution is -2.30. The number of hydrazine groups is 1. The third-order valence-electron chi connectivity index (χ3n) is 4.15. The van der Waals surface area contributed by atoms with E-state index in [0.717, 1.165) is 11.1 Å². The van der Waals surface area contributed by atoms with Crippen LogP contribution in [0.5, 0.6) is 0 Å². The van der Waals surface area contributed by atoms with Gasteiger partial charge in [0.2, 0.25) is 5.76 Å². The van der Waals surface area contributed by atoms with Crippen LogP contribution < -0.4 is 16.6 Å². The first-order valence-corrected chi connectivity index (χ1v) is 8.80. The van der Waals surface area contributed by atoms with E-state index in [-0.39, 0.29) is 12.4 Å². The Hall–Kier alpha value is -3.58. The zero-order valence-electron chi connectivity index (χ0n) is 15.2. The Bertz CT molecular complexity index is 923. The molecule has 0 aliphatic heterocycles. The first kappa shape index (κ1) is 19.2. The monoisotopic (exact) mass is 379 g/mol. The van der Waals surface area contributed by atoms with Gasteiger partial charge < -0.3 is 14.5 Å². The first-order valence-electron chi connectivity index (χ1n) is 8.80. The fraction of sp³-hybridized carbons (Fsp3) is 0.143. The molecule has 7 heteroatoms. The molecule has 3 rings (SSSR count). The highest BCUT2D eigenvalue weighted by Gasteiger charge is 2.21. The van der Waals surface area contributed by atoms with Gasteiger partial charge in [-0.2, -0.15) is 0 Å². The zero-order chi connectivity index (χ0) is 19.8. The van der Waals surface area contributed by atoms with E-state index in [1.807, 2.05) is 60.7 Å². The molecule has 1 heterocycles. The minimum Gasteiger partial charge on any atom is -0.458 e. The van der Waals surface area contributed by atoms with Gasteiger partial charge in [-0.25, -0.2) is 10.6 Å². The lowest BCUT2D eigenvalue weighted by molar-refractivity contribution is 0.0926. The van der Waals surface area contributed by atoms with Crippen LogP contribution in [0.1, 0.15) is 21.7 Å². The number of ether oxygens (including phenoxy) is 1. The fourth-order valence-corrected chi connectivity index (χ4v) is 2.80. The van der Waals surface area contributed by atoms with Gasteiger partial charge in [0.1, 0.15) is 6.61 Å². The van der Waals surface area contributed by atoms with E-state index in [1.165, 1.54) is 6.26 Å². The number of nitrogens with two attached hydrogens (primary N) is 1. The maximum absolute atomic E-state index is 12.0. The standard InChI is InChI=1S/C21H21N3O4/c22-24-20(25)19-18(16-9-5-2-6-10-16)17(13-27-19)14-28-21(26)23-12-11-15-7-3-1-4-8-15/h1-10,13H,11-12,14,22H2,(H,23,26)(H,24,25). The van der Waals surface area contributed by atoms with Crippen molar-refractivity contribution < 1.29 is 18.7 Å². The number of nitrogens with one attached hydrogen (secondary N) is 2. The average molecular weight is 379 g/mol. The molecule has 0 atom stereocenters. The van der Waals surface area contributed by atoms with E-state index >= 15 is 0 Å². The molecular weight excluding hydrogens is 358 g/mol. The number of carbonyl (C=O) groups excluding carboxylic acids is 2. The second kappa shape index (κ2) is 9.38. The highest BCUT2D eigenvalue weighted by Crippen LogP contribution is 2.30. The summed E-state index contributed by atoms with van der Waals surface area (Å²) >= 11 is 0. The average Bonchev–Trinajstić information content (AvgIpc) is 3.17. The molecule has 0 aliphatic rings. The lowest BCUT2D eigenvalue weighted by Gasteiger charge is -2.08. The van der Waals surface area contributed by atoms with Crippen molar-refractivity contribution in [1.82, 2.24) is 10.7 Å².